The molecule has 0 atom stereocenters. The summed E-state index contributed by atoms with van der Waals surface area (Å²) in [6, 6.07) is 10.2. The lowest BCUT2D eigenvalue weighted by molar-refractivity contribution is -0.117. The van der Waals surface area contributed by atoms with Crippen LogP contribution in [0.15, 0.2) is 53.6 Å². The van der Waals surface area contributed by atoms with Crippen molar-refractivity contribution in [2.45, 2.75) is 27.3 Å². The van der Waals surface area contributed by atoms with E-state index in [1.165, 1.54) is 28.9 Å². The van der Waals surface area contributed by atoms with Gasteiger partial charge in [0.2, 0.25) is 11.6 Å². The number of aromatic nitrogens is 4. The highest BCUT2D eigenvalue weighted by molar-refractivity contribution is 5.90. The van der Waals surface area contributed by atoms with Gasteiger partial charge in [0.05, 0.1) is 5.69 Å². The first-order valence-electron chi connectivity index (χ1n) is 9.56. The van der Waals surface area contributed by atoms with Gasteiger partial charge in [0, 0.05) is 12.4 Å². The largest absolute Gasteiger partial charge is 0.436 e. The highest BCUT2D eigenvalue weighted by atomic mass is 19.1. The number of carbonyl (C=O) groups is 1. The van der Waals surface area contributed by atoms with Crippen LogP contribution < -0.4 is 15.7 Å². The Hall–Kier alpha value is -4.01. The maximum Gasteiger partial charge on any atom is 0.351 e. The molecule has 31 heavy (non-hydrogen) atoms. The van der Waals surface area contributed by atoms with Crippen molar-refractivity contribution in [3.63, 3.8) is 0 Å². The van der Waals surface area contributed by atoms with Gasteiger partial charge in [0.15, 0.2) is 0 Å². The van der Waals surface area contributed by atoms with Gasteiger partial charge in [0.1, 0.15) is 18.1 Å². The first-order chi connectivity index (χ1) is 14.8. The Balaban J connectivity index is 1.61. The fraction of sp³-hybridized carbons (Fsp3) is 0.182. The Morgan fingerprint density at radius 2 is 1.84 bits per heavy atom. The topological polar surface area (TPSA) is 90.5 Å². The van der Waals surface area contributed by atoms with E-state index in [-0.39, 0.29) is 17.2 Å². The van der Waals surface area contributed by atoms with Crippen molar-refractivity contribution in [3.05, 3.63) is 81.8 Å². The Labute approximate surface area is 176 Å². The van der Waals surface area contributed by atoms with Gasteiger partial charge in [-0.15, -0.1) is 5.10 Å². The van der Waals surface area contributed by atoms with Crippen molar-refractivity contribution in [1.29, 1.82) is 0 Å². The molecule has 0 radical (unpaired) electrons. The van der Waals surface area contributed by atoms with Gasteiger partial charge in [-0.1, -0.05) is 12.1 Å². The van der Waals surface area contributed by atoms with Gasteiger partial charge in [0.25, 0.3) is 5.88 Å². The van der Waals surface area contributed by atoms with E-state index < -0.39 is 24.0 Å². The van der Waals surface area contributed by atoms with Crippen LogP contribution in [0.4, 0.5) is 10.1 Å². The van der Waals surface area contributed by atoms with Crippen LogP contribution in [0, 0.1) is 26.6 Å². The number of ether oxygens (including phenoxy) is 1. The molecule has 0 unspecified atom stereocenters. The summed E-state index contributed by atoms with van der Waals surface area (Å²) >= 11 is 0. The molecule has 0 bridgehead atoms. The predicted molar refractivity (Wildman–Crippen MR) is 113 cm³/mol. The number of carbonyl (C=O) groups excluding carboxylic acids is 1. The molecular weight excluding hydrogens is 401 g/mol. The molecule has 0 aliphatic carbocycles. The number of fused-ring (bicyclic) bond motifs is 1. The van der Waals surface area contributed by atoms with Crippen molar-refractivity contribution in [2.24, 2.45) is 0 Å². The molecule has 1 amide bonds. The van der Waals surface area contributed by atoms with Crippen LogP contribution in [-0.4, -0.2) is 25.1 Å². The fourth-order valence-corrected chi connectivity index (χ4v) is 3.25. The van der Waals surface area contributed by atoms with E-state index in [2.05, 4.69) is 15.4 Å². The van der Waals surface area contributed by atoms with Crippen LogP contribution in [-0.2, 0) is 11.3 Å². The lowest BCUT2D eigenvalue weighted by Gasteiger charge is -2.07. The maximum atomic E-state index is 14.0. The minimum absolute atomic E-state index is 0.0351. The van der Waals surface area contributed by atoms with Gasteiger partial charge in [-0.3, -0.25) is 4.79 Å². The van der Waals surface area contributed by atoms with E-state index in [0.717, 1.165) is 21.4 Å². The van der Waals surface area contributed by atoms with E-state index in [1.807, 2.05) is 32.0 Å². The van der Waals surface area contributed by atoms with E-state index in [1.54, 1.807) is 13.0 Å². The smallest absolute Gasteiger partial charge is 0.351 e. The molecule has 1 N–H and O–H groups in total. The van der Waals surface area contributed by atoms with Crippen molar-refractivity contribution < 1.29 is 13.9 Å². The molecule has 0 spiro atoms. The third-order valence-corrected chi connectivity index (χ3v) is 4.57. The van der Waals surface area contributed by atoms with Gasteiger partial charge >= 0.3 is 5.69 Å². The lowest BCUT2D eigenvalue weighted by Crippen LogP contribution is -2.28. The summed E-state index contributed by atoms with van der Waals surface area (Å²) in [6.07, 6.45) is 2.85. The summed E-state index contributed by atoms with van der Waals surface area (Å²) in [5.41, 5.74) is 2.43. The van der Waals surface area contributed by atoms with Crippen molar-refractivity contribution >= 4 is 17.2 Å². The molecule has 4 aromatic rings. The van der Waals surface area contributed by atoms with E-state index in [9.17, 15) is 14.0 Å². The monoisotopic (exact) mass is 421 g/mol. The third-order valence-electron chi connectivity index (χ3n) is 4.57. The summed E-state index contributed by atoms with van der Waals surface area (Å²) in [5, 5.41) is 6.65. The van der Waals surface area contributed by atoms with Crippen molar-refractivity contribution in [1.82, 2.24) is 19.2 Å². The average Bonchev–Trinajstić information content (AvgIpc) is 3.00. The second-order valence-electron chi connectivity index (χ2n) is 7.32. The zero-order valence-electron chi connectivity index (χ0n) is 17.2. The van der Waals surface area contributed by atoms with Crippen LogP contribution >= 0.6 is 0 Å². The number of benzene rings is 2. The van der Waals surface area contributed by atoms with Gasteiger partial charge in [-0.2, -0.15) is 0 Å². The summed E-state index contributed by atoms with van der Waals surface area (Å²) in [6.45, 7) is 5.25. The van der Waals surface area contributed by atoms with E-state index in [4.69, 9.17) is 4.74 Å². The Morgan fingerprint density at radius 1 is 1.10 bits per heavy atom. The number of nitrogens with zero attached hydrogens (tertiary/aromatic N) is 4. The number of aryl methyl sites for hydroxylation is 3. The first kappa shape index (κ1) is 20.3. The average molecular weight is 421 g/mol. The standard InChI is InChI=1S/C22H20FN5O3/c1-13-4-5-18(17(23)11-13)25-19(29)12-28-22(30)27-7-6-24-21(20(27)26-28)31-16-9-14(2)8-15(3)10-16/h4-11H,12H2,1-3H3,(H,25,29). The minimum atomic E-state index is -0.585. The zero-order valence-corrected chi connectivity index (χ0v) is 17.2. The number of hydrogen-bond acceptors (Lipinski definition) is 5. The molecule has 4 rings (SSSR count). The minimum Gasteiger partial charge on any atom is -0.436 e. The molecule has 2 aromatic heterocycles. The Bertz CT molecular complexity index is 1340. The number of anilines is 1. The third kappa shape index (κ3) is 4.30. The number of nitrogens with one attached hydrogen (secondary N) is 1. The molecule has 2 aromatic carbocycles. The van der Waals surface area contributed by atoms with Crippen LogP contribution in [0.2, 0.25) is 0 Å². The highest BCUT2D eigenvalue weighted by Crippen LogP contribution is 2.24. The summed E-state index contributed by atoms with van der Waals surface area (Å²) in [7, 11) is 0. The number of amides is 1. The van der Waals surface area contributed by atoms with E-state index >= 15 is 0 Å². The second-order valence-corrected chi connectivity index (χ2v) is 7.32. The molecule has 0 saturated carbocycles. The Morgan fingerprint density at radius 3 is 2.55 bits per heavy atom. The van der Waals surface area contributed by atoms with Gasteiger partial charge in [-0.25, -0.2) is 23.3 Å². The van der Waals surface area contributed by atoms with Crippen molar-refractivity contribution in [2.75, 3.05) is 5.32 Å². The second kappa shape index (κ2) is 8.02. The van der Waals surface area contributed by atoms with Crippen LogP contribution in [0.1, 0.15) is 16.7 Å². The molecule has 2 heterocycles. The van der Waals surface area contributed by atoms with Crippen LogP contribution in [0.5, 0.6) is 11.6 Å². The molecule has 8 nitrogen and oxygen atoms in total. The number of halogens is 1. The first-order valence-corrected chi connectivity index (χ1v) is 9.56. The predicted octanol–water partition coefficient (Wildman–Crippen LogP) is 3.39. The maximum absolute atomic E-state index is 14.0. The van der Waals surface area contributed by atoms with E-state index in [0.29, 0.717) is 5.75 Å². The summed E-state index contributed by atoms with van der Waals surface area (Å²) < 4.78 is 22.1. The highest BCUT2D eigenvalue weighted by Gasteiger charge is 2.16. The van der Waals surface area contributed by atoms with Gasteiger partial charge < -0.3 is 10.1 Å². The molecule has 0 aliphatic heterocycles. The molecule has 0 aliphatic rings. The summed E-state index contributed by atoms with van der Waals surface area (Å²) in [5.74, 6) is -0.442. The summed E-state index contributed by atoms with van der Waals surface area (Å²) in [4.78, 5) is 29.2. The molecule has 158 valence electrons. The Kier molecular flexibility index (Phi) is 5.24. The van der Waals surface area contributed by atoms with Gasteiger partial charge in [-0.05, 0) is 61.7 Å². The van der Waals surface area contributed by atoms with Crippen LogP contribution in [0.25, 0.3) is 5.65 Å². The normalized spacial score (nSPS) is 11.0. The SMILES string of the molecule is Cc1cc(C)cc(Oc2nccn3c(=O)n(CC(=O)Nc4ccc(C)cc4F)nc23)c1. The number of hydrogen-bond donors (Lipinski definition) is 1. The molecule has 0 fully saturated rings. The fourth-order valence-electron chi connectivity index (χ4n) is 3.25. The lowest BCUT2D eigenvalue weighted by atomic mass is 10.1. The number of rotatable bonds is 5. The van der Waals surface area contributed by atoms with Crippen LogP contribution in [0.3, 0.4) is 0 Å². The zero-order chi connectivity index (χ0) is 22.1. The molecule has 9 heteroatoms. The molecule has 0 saturated heterocycles. The molecular formula is C22H20FN5O3. The quantitative estimate of drug-likeness (QED) is 0.534. The van der Waals surface area contributed by atoms with Crippen molar-refractivity contribution in [3.8, 4) is 11.6 Å².